The van der Waals surface area contributed by atoms with Gasteiger partial charge >= 0.3 is 0 Å². The van der Waals surface area contributed by atoms with Gasteiger partial charge in [-0.3, -0.25) is 9.59 Å². The van der Waals surface area contributed by atoms with Crippen LogP contribution < -0.4 is 10.6 Å². The van der Waals surface area contributed by atoms with Crippen molar-refractivity contribution in [1.29, 1.82) is 0 Å². The molecule has 0 atom stereocenters. The standard InChI is InChI=1S/C23H42N2O2/c1-16(2)24-14-17-8-12-20(13-9-17)22(27)25-15-18-6-10-19(11-7-18)21(26)23(3,4)5/h16-20,24H,6-15H2,1-5H3,(H,25,27). The van der Waals surface area contributed by atoms with Crippen LogP contribution in [0.3, 0.4) is 0 Å². The van der Waals surface area contributed by atoms with Crippen LogP contribution in [0.5, 0.6) is 0 Å². The molecular formula is C23H42N2O2. The summed E-state index contributed by atoms with van der Waals surface area (Å²) >= 11 is 0. The van der Waals surface area contributed by atoms with E-state index in [4.69, 9.17) is 0 Å². The summed E-state index contributed by atoms with van der Waals surface area (Å²) in [6.45, 7) is 12.3. The second-order valence-corrected chi connectivity index (χ2v) is 10.4. The molecule has 4 nitrogen and oxygen atoms in total. The molecule has 0 radical (unpaired) electrons. The number of rotatable bonds is 7. The highest BCUT2D eigenvalue weighted by molar-refractivity contribution is 5.86. The van der Waals surface area contributed by atoms with E-state index >= 15 is 0 Å². The van der Waals surface area contributed by atoms with Crippen LogP contribution in [0.1, 0.15) is 86.0 Å². The van der Waals surface area contributed by atoms with Crippen LogP contribution in [0.2, 0.25) is 0 Å². The third-order valence-corrected chi connectivity index (χ3v) is 6.55. The fourth-order valence-corrected chi connectivity index (χ4v) is 4.66. The van der Waals surface area contributed by atoms with Gasteiger partial charge in [0.1, 0.15) is 5.78 Å². The van der Waals surface area contributed by atoms with E-state index in [1.54, 1.807) is 0 Å². The molecule has 0 aromatic heterocycles. The van der Waals surface area contributed by atoms with E-state index in [9.17, 15) is 9.59 Å². The summed E-state index contributed by atoms with van der Waals surface area (Å²) in [4.78, 5) is 25.0. The number of hydrogen-bond acceptors (Lipinski definition) is 3. The first-order chi connectivity index (χ1) is 12.7. The monoisotopic (exact) mass is 378 g/mol. The summed E-state index contributed by atoms with van der Waals surface area (Å²) in [6, 6.07) is 0.541. The summed E-state index contributed by atoms with van der Waals surface area (Å²) in [6.07, 6.45) is 8.51. The van der Waals surface area contributed by atoms with Gasteiger partial charge in [-0.2, -0.15) is 0 Å². The molecule has 0 spiro atoms. The van der Waals surface area contributed by atoms with Gasteiger partial charge in [0.25, 0.3) is 0 Å². The maximum absolute atomic E-state index is 12.5. The Labute approximate surface area is 166 Å². The molecule has 0 saturated heterocycles. The third-order valence-electron chi connectivity index (χ3n) is 6.55. The molecule has 2 rings (SSSR count). The van der Waals surface area contributed by atoms with Crippen molar-refractivity contribution in [2.45, 2.75) is 92.0 Å². The SMILES string of the molecule is CC(C)NCC1CCC(C(=O)NCC2CCC(C(=O)C(C)(C)C)CC2)CC1. The molecule has 0 unspecified atom stereocenters. The van der Waals surface area contributed by atoms with Crippen LogP contribution in [0.25, 0.3) is 0 Å². The van der Waals surface area contributed by atoms with Crippen molar-refractivity contribution in [2.24, 2.45) is 29.1 Å². The van der Waals surface area contributed by atoms with Crippen molar-refractivity contribution < 1.29 is 9.59 Å². The van der Waals surface area contributed by atoms with Crippen LogP contribution in [-0.4, -0.2) is 30.8 Å². The molecular weight excluding hydrogens is 336 g/mol. The van der Waals surface area contributed by atoms with Gasteiger partial charge in [0, 0.05) is 29.8 Å². The number of hydrogen-bond donors (Lipinski definition) is 2. The molecule has 1 amide bonds. The first-order valence-electron chi connectivity index (χ1n) is 11.2. The molecule has 4 heteroatoms. The molecule has 27 heavy (non-hydrogen) atoms. The summed E-state index contributed by atoms with van der Waals surface area (Å²) in [5.41, 5.74) is -0.227. The zero-order valence-corrected chi connectivity index (χ0v) is 18.3. The Morgan fingerprint density at radius 1 is 0.815 bits per heavy atom. The zero-order valence-electron chi connectivity index (χ0n) is 18.3. The van der Waals surface area contributed by atoms with E-state index in [-0.39, 0.29) is 23.2 Å². The first-order valence-corrected chi connectivity index (χ1v) is 11.2. The largest absolute Gasteiger partial charge is 0.356 e. The van der Waals surface area contributed by atoms with Gasteiger partial charge in [-0.05, 0) is 69.7 Å². The van der Waals surface area contributed by atoms with Crippen molar-refractivity contribution >= 4 is 11.7 Å². The highest BCUT2D eigenvalue weighted by Gasteiger charge is 2.33. The number of carbonyl (C=O) groups is 2. The second kappa shape index (κ2) is 10.0. The van der Waals surface area contributed by atoms with E-state index in [2.05, 4.69) is 24.5 Å². The zero-order chi connectivity index (χ0) is 20.0. The molecule has 0 heterocycles. The number of amides is 1. The van der Waals surface area contributed by atoms with E-state index in [0.29, 0.717) is 17.7 Å². The molecule has 156 valence electrons. The minimum absolute atomic E-state index is 0.208. The fraction of sp³-hybridized carbons (Fsp3) is 0.913. The van der Waals surface area contributed by atoms with E-state index < -0.39 is 0 Å². The summed E-state index contributed by atoms with van der Waals surface area (Å²) < 4.78 is 0. The fourth-order valence-electron chi connectivity index (χ4n) is 4.66. The lowest BCUT2D eigenvalue weighted by molar-refractivity contribution is -0.132. The molecule has 2 aliphatic carbocycles. The van der Waals surface area contributed by atoms with Gasteiger partial charge < -0.3 is 10.6 Å². The van der Waals surface area contributed by atoms with E-state index in [0.717, 1.165) is 70.4 Å². The normalized spacial score (nSPS) is 29.6. The van der Waals surface area contributed by atoms with Gasteiger partial charge in [-0.15, -0.1) is 0 Å². The van der Waals surface area contributed by atoms with Crippen LogP contribution in [-0.2, 0) is 9.59 Å². The number of carbonyl (C=O) groups excluding carboxylic acids is 2. The molecule has 2 N–H and O–H groups in total. The smallest absolute Gasteiger partial charge is 0.223 e. The van der Waals surface area contributed by atoms with Gasteiger partial charge in [0.2, 0.25) is 5.91 Å². The molecule has 0 aliphatic heterocycles. The lowest BCUT2D eigenvalue weighted by Gasteiger charge is -2.32. The minimum Gasteiger partial charge on any atom is -0.356 e. The van der Waals surface area contributed by atoms with Crippen molar-refractivity contribution in [2.75, 3.05) is 13.1 Å². The Morgan fingerprint density at radius 3 is 1.78 bits per heavy atom. The quantitative estimate of drug-likeness (QED) is 0.693. The van der Waals surface area contributed by atoms with Crippen LogP contribution in [0.15, 0.2) is 0 Å². The summed E-state index contributed by atoms with van der Waals surface area (Å²) in [5.74, 6) is 2.38. The maximum Gasteiger partial charge on any atom is 0.223 e. The third kappa shape index (κ3) is 7.21. The molecule has 2 fully saturated rings. The van der Waals surface area contributed by atoms with Crippen molar-refractivity contribution in [1.82, 2.24) is 10.6 Å². The maximum atomic E-state index is 12.5. The topological polar surface area (TPSA) is 58.2 Å². The average Bonchev–Trinajstić information content (AvgIpc) is 2.64. The van der Waals surface area contributed by atoms with Crippen LogP contribution in [0.4, 0.5) is 0 Å². The Morgan fingerprint density at radius 2 is 1.30 bits per heavy atom. The highest BCUT2D eigenvalue weighted by atomic mass is 16.2. The Kier molecular flexibility index (Phi) is 8.33. The lowest BCUT2D eigenvalue weighted by atomic mass is 9.73. The molecule has 0 aromatic rings. The van der Waals surface area contributed by atoms with Crippen molar-refractivity contribution in [3.05, 3.63) is 0 Å². The molecule has 0 bridgehead atoms. The van der Waals surface area contributed by atoms with Gasteiger partial charge in [0.05, 0.1) is 0 Å². The van der Waals surface area contributed by atoms with E-state index in [1.807, 2.05) is 20.8 Å². The molecule has 2 saturated carbocycles. The van der Waals surface area contributed by atoms with Crippen molar-refractivity contribution in [3.8, 4) is 0 Å². The minimum atomic E-state index is -0.227. The van der Waals surface area contributed by atoms with Crippen molar-refractivity contribution in [3.63, 3.8) is 0 Å². The van der Waals surface area contributed by atoms with E-state index in [1.165, 1.54) is 0 Å². The van der Waals surface area contributed by atoms with Crippen LogP contribution >= 0.6 is 0 Å². The number of ketones is 1. The average molecular weight is 379 g/mol. The molecule has 2 aliphatic rings. The predicted octanol–water partition coefficient (Wildman–Crippen LogP) is 4.33. The first kappa shape index (κ1) is 22.4. The van der Waals surface area contributed by atoms with Gasteiger partial charge in [-0.25, -0.2) is 0 Å². The summed E-state index contributed by atoms with van der Waals surface area (Å²) in [7, 11) is 0. The Balaban J connectivity index is 1.64. The number of nitrogens with one attached hydrogen (secondary N) is 2. The molecule has 0 aromatic carbocycles. The lowest BCUT2D eigenvalue weighted by Crippen LogP contribution is -2.39. The second-order valence-electron chi connectivity index (χ2n) is 10.4. The Bertz CT molecular complexity index is 479. The predicted molar refractivity (Wildman–Crippen MR) is 112 cm³/mol. The highest BCUT2D eigenvalue weighted by Crippen LogP contribution is 2.34. The number of Topliss-reactive ketones (excluding diaryl/α,β-unsaturated/α-hetero) is 1. The summed E-state index contributed by atoms with van der Waals surface area (Å²) in [5, 5.41) is 6.75. The van der Waals surface area contributed by atoms with Gasteiger partial charge in [0.15, 0.2) is 0 Å². The Hall–Kier alpha value is -0.900. The van der Waals surface area contributed by atoms with Crippen LogP contribution in [0, 0.1) is 29.1 Å². The van der Waals surface area contributed by atoms with Gasteiger partial charge in [-0.1, -0.05) is 34.6 Å².